The lowest BCUT2D eigenvalue weighted by molar-refractivity contribution is -0.166. The summed E-state index contributed by atoms with van der Waals surface area (Å²) in [5.41, 5.74) is -18.0. The van der Waals surface area contributed by atoms with Gasteiger partial charge in [-0.1, -0.05) is 103 Å². The summed E-state index contributed by atoms with van der Waals surface area (Å²) in [6.45, 7) is 0. The number of hydrogen-bond acceptors (Lipinski definition) is 6. The van der Waals surface area contributed by atoms with Crippen LogP contribution in [0.5, 0.6) is 11.5 Å². The van der Waals surface area contributed by atoms with Gasteiger partial charge in [-0.2, -0.15) is 56.3 Å². The monoisotopic (exact) mass is 760 g/mol. The molecule has 0 unspecified atom stereocenters. The van der Waals surface area contributed by atoms with E-state index in [4.69, 9.17) is 0 Å². The van der Waals surface area contributed by atoms with Crippen LogP contribution in [-0.2, 0) is 25.7 Å². The summed E-state index contributed by atoms with van der Waals surface area (Å²) >= 11 is 0. The van der Waals surface area contributed by atoms with Crippen LogP contribution in [0.2, 0.25) is 0 Å². The van der Waals surface area contributed by atoms with Crippen LogP contribution in [0.15, 0.2) is 127 Å². The zero-order chi connectivity index (χ0) is 37.5. The number of benzene rings is 5. The smallest absolute Gasteiger partial charge is 0.375 e. The zero-order valence-corrected chi connectivity index (χ0v) is 26.9. The molecule has 0 aliphatic heterocycles. The average Bonchev–Trinajstić information content (AvgIpc) is 3.05. The predicted molar refractivity (Wildman–Crippen MR) is 167 cm³/mol. The Morgan fingerprint density at radius 3 is 1.06 bits per heavy atom. The Balaban J connectivity index is 1.87. The third kappa shape index (κ3) is 7.12. The summed E-state index contributed by atoms with van der Waals surface area (Å²) in [6.07, 6.45) is -5.35. The van der Waals surface area contributed by atoms with Crippen molar-refractivity contribution in [3.8, 4) is 33.8 Å². The molecule has 6 nitrogen and oxygen atoms in total. The van der Waals surface area contributed by atoms with Gasteiger partial charge in [0.15, 0.2) is 11.5 Å². The van der Waals surface area contributed by atoms with Gasteiger partial charge in [0.1, 0.15) is 5.41 Å². The Kier molecular flexibility index (Phi) is 9.68. The van der Waals surface area contributed by atoms with E-state index in [-0.39, 0.29) is 11.1 Å². The van der Waals surface area contributed by atoms with Gasteiger partial charge >= 0.3 is 37.4 Å². The molecule has 5 aromatic rings. The molecule has 0 heterocycles. The first-order valence-electron chi connectivity index (χ1n) is 14.2. The van der Waals surface area contributed by atoms with Crippen molar-refractivity contribution in [2.45, 2.75) is 22.6 Å². The average molecular weight is 761 g/mol. The van der Waals surface area contributed by atoms with Crippen molar-refractivity contribution < 1.29 is 64.7 Å². The van der Waals surface area contributed by atoms with Gasteiger partial charge in [-0.25, -0.2) is 0 Å². The van der Waals surface area contributed by atoms with Crippen LogP contribution in [0.25, 0.3) is 22.3 Å². The molecule has 268 valence electrons. The van der Waals surface area contributed by atoms with Crippen LogP contribution >= 0.6 is 0 Å². The molecule has 17 heteroatoms. The third-order valence-corrected chi connectivity index (χ3v) is 9.52. The lowest BCUT2D eigenvalue weighted by atomic mass is 9.68. The van der Waals surface area contributed by atoms with Gasteiger partial charge in [0.25, 0.3) is 0 Å². The van der Waals surface area contributed by atoms with E-state index in [1.165, 1.54) is 78.9 Å². The van der Waals surface area contributed by atoms with Crippen molar-refractivity contribution in [3.63, 3.8) is 0 Å². The maximum atomic E-state index is 16.0. The Hall–Kier alpha value is -5.03. The second-order valence-corrected chi connectivity index (χ2v) is 13.8. The molecule has 5 rings (SSSR count). The fraction of sp³-hybridized carbons (Fsp3) is 0.118. The minimum absolute atomic E-state index is 0.0399. The van der Waals surface area contributed by atoms with Gasteiger partial charge in [-0.05, 0) is 52.1 Å². The van der Waals surface area contributed by atoms with E-state index in [2.05, 4.69) is 8.37 Å². The first-order chi connectivity index (χ1) is 23.7. The van der Waals surface area contributed by atoms with Crippen molar-refractivity contribution in [3.05, 3.63) is 144 Å². The molecule has 51 heavy (non-hydrogen) atoms. The standard InChI is InChI=1S/C34H21F9O6S2/c35-32(36,37)31(24-14-8-3-9-15-24,25-16-18-29(48-50(44,45)33(38,39)40)27(20-25)22-10-4-1-5-11-22)26-17-19-30(49-51(46,47)34(41,42)43)28(21-26)23-12-6-2-7-13-23/h1-21H. The van der Waals surface area contributed by atoms with E-state index in [0.717, 1.165) is 24.3 Å². The van der Waals surface area contributed by atoms with Crippen LogP contribution in [0.4, 0.5) is 39.5 Å². The normalized spacial score (nSPS) is 13.1. The second-order valence-electron chi connectivity index (χ2n) is 10.7. The summed E-state index contributed by atoms with van der Waals surface area (Å²) in [6, 6.07) is 23.9. The Bertz CT molecular complexity index is 2110. The molecule has 0 saturated carbocycles. The van der Waals surface area contributed by atoms with E-state index >= 15 is 13.2 Å². The molecule has 0 saturated heterocycles. The maximum Gasteiger partial charge on any atom is 0.534 e. The molecular weight excluding hydrogens is 739 g/mol. The molecule has 0 bridgehead atoms. The molecule has 0 aromatic heterocycles. The fourth-order valence-corrected chi connectivity index (χ4v) is 6.32. The van der Waals surface area contributed by atoms with Crippen LogP contribution in [0, 0.1) is 0 Å². The summed E-state index contributed by atoms with van der Waals surface area (Å²) in [5.74, 6) is -1.92. The van der Waals surface area contributed by atoms with Gasteiger partial charge in [0.05, 0.1) is 0 Å². The van der Waals surface area contributed by atoms with E-state index in [1.54, 1.807) is 0 Å². The van der Waals surface area contributed by atoms with Crippen LogP contribution < -0.4 is 8.37 Å². The Labute approximate surface area is 285 Å². The molecule has 0 fully saturated rings. The van der Waals surface area contributed by atoms with E-state index in [0.29, 0.717) is 24.3 Å². The molecule has 5 aromatic carbocycles. The van der Waals surface area contributed by atoms with Gasteiger partial charge in [-0.15, -0.1) is 0 Å². The van der Waals surface area contributed by atoms with Gasteiger partial charge in [0, 0.05) is 11.1 Å². The number of hydrogen-bond donors (Lipinski definition) is 0. The summed E-state index contributed by atoms with van der Waals surface area (Å²) in [7, 11) is -12.6. The van der Waals surface area contributed by atoms with Crippen LogP contribution in [0.3, 0.4) is 0 Å². The van der Waals surface area contributed by atoms with Gasteiger partial charge < -0.3 is 8.37 Å². The zero-order valence-electron chi connectivity index (χ0n) is 25.3. The summed E-state index contributed by atoms with van der Waals surface area (Å²) in [4.78, 5) is 0. The molecule has 0 atom stereocenters. The quantitative estimate of drug-likeness (QED) is 0.0645. The molecule has 0 aliphatic rings. The molecule has 0 spiro atoms. The topological polar surface area (TPSA) is 86.7 Å². The number of alkyl halides is 9. The molecule has 0 N–H and O–H groups in total. The SMILES string of the molecule is O=S(=O)(Oc1ccc(C(c2ccccc2)(c2ccc(OS(=O)(=O)C(F)(F)F)c(-c3ccccc3)c2)C(F)(F)F)cc1-c1ccccc1)C(F)(F)F. The van der Waals surface area contributed by atoms with E-state index in [9.17, 15) is 43.2 Å². The lowest BCUT2D eigenvalue weighted by Gasteiger charge is -2.38. The number of rotatable bonds is 9. The first-order valence-corrected chi connectivity index (χ1v) is 17.0. The van der Waals surface area contributed by atoms with Crippen molar-refractivity contribution in [2.75, 3.05) is 0 Å². The molecule has 0 amide bonds. The predicted octanol–water partition coefficient (Wildman–Crippen LogP) is 9.37. The van der Waals surface area contributed by atoms with Crippen molar-refractivity contribution in [1.82, 2.24) is 0 Å². The summed E-state index contributed by atoms with van der Waals surface area (Å²) in [5, 5.41) is 0. The van der Waals surface area contributed by atoms with Gasteiger partial charge in [0.2, 0.25) is 0 Å². The molecule has 0 aliphatic carbocycles. The largest absolute Gasteiger partial charge is 0.534 e. The van der Waals surface area contributed by atoms with Crippen LogP contribution in [-0.4, -0.2) is 34.0 Å². The van der Waals surface area contributed by atoms with E-state index in [1.807, 2.05) is 0 Å². The molecular formula is C34H21F9O6S2. The van der Waals surface area contributed by atoms with Crippen molar-refractivity contribution in [2.24, 2.45) is 0 Å². The maximum absolute atomic E-state index is 16.0. The number of halogens is 9. The minimum atomic E-state index is -6.29. The summed E-state index contributed by atoms with van der Waals surface area (Å²) < 4.78 is 185. The van der Waals surface area contributed by atoms with E-state index < -0.39 is 82.2 Å². The second kappa shape index (κ2) is 13.3. The highest BCUT2D eigenvalue weighted by molar-refractivity contribution is 7.88. The van der Waals surface area contributed by atoms with Gasteiger partial charge in [-0.3, -0.25) is 0 Å². The lowest BCUT2D eigenvalue weighted by Crippen LogP contribution is -2.44. The third-order valence-electron chi connectivity index (χ3n) is 7.59. The highest BCUT2D eigenvalue weighted by Gasteiger charge is 2.59. The Morgan fingerprint density at radius 2 is 0.745 bits per heavy atom. The fourth-order valence-electron chi connectivity index (χ4n) is 5.37. The molecule has 0 radical (unpaired) electrons. The highest BCUT2D eigenvalue weighted by Crippen LogP contribution is 2.54. The van der Waals surface area contributed by atoms with Crippen molar-refractivity contribution >= 4 is 20.2 Å². The van der Waals surface area contributed by atoms with Crippen LogP contribution in [0.1, 0.15) is 16.7 Å². The Morgan fingerprint density at radius 1 is 0.412 bits per heavy atom. The van der Waals surface area contributed by atoms with Crippen molar-refractivity contribution in [1.29, 1.82) is 0 Å². The highest BCUT2D eigenvalue weighted by atomic mass is 32.2. The first kappa shape index (κ1) is 37.2. The minimum Gasteiger partial charge on any atom is -0.375 e.